The number of rotatable bonds is 6. The first-order valence-electron chi connectivity index (χ1n) is 7.67. The average Bonchev–Trinajstić information content (AvgIpc) is 3.12. The molecule has 0 aliphatic rings. The van der Waals surface area contributed by atoms with Gasteiger partial charge in [-0.3, -0.25) is 10.1 Å². The number of hydrogen-bond donors (Lipinski definition) is 0. The third-order valence-electron chi connectivity index (χ3n) is 3.74. The lowest BCUT2D eigenvalue weighted by atomic mass is 10.2. The molecule has 0 aliphatic carbocycles. The molecule has 1 heterocycles. The molecule has 12 heteroatoms. The second kappa shape index (κ2) is 7.84. The van der Waals surface area contributed by atoms with E-state index in [0.29, 0.717) is 5.56 Å². The van der Waals surface area contributed by atoms with E-state index in [1.54, 1.807) is 0 Å². The molecule has 0 saturated heterocycles. The summed E-state index contributed by atoms with van der Waals surface area (Å²) < 4.78 is 31.5. The quantitative estimate of drug-likeness (QED) is 0.420. The van der Waals surface area contributed by atoms with Gasteiger partial charge in [-0.25, -0.2) is 8.42 Å². The van der Waals surface area contributed by atoms with Gasteiger partial charge < -0.3 is 4.52 Å². The van der Waals surface area contributed by atoms with Gasteiger partial charge in [0.2, 0.25) is 21.7 Å². The minimum absolute atomic E-state index is 0.0355. The molecular formula is C16H12Cl2N4O5S. The smallest absolute Gasteiger partial charge is 0.269 e. The maximum atomic E-state index is 12.7. The number of benzene rings is 2. The third kappa shape index (κ3) is 4.14. The van der Waals surface area contributed by atoms with Gasteiger partial charge in [0.25, 0.3) is 5.69 Å². The van der Waals surface area contributed by atoms with Crippen LogP contribution >= 0.6 is 23.2 Å². The van der Waals surface area contributed by atoms with Crippen LogP contribution in [0.2, 0.25) is 10.0 Å². The van der Waals surface area contributed by atoms with Gasteiger partial charge in [0.1, 0.15) is 4.90 Å². The minimum Gasteiger partial charge on any atom is -0.338 e. The number of non-ortho nitro benzene ring substituents is 1. The van der Waals surface area contributed by atoms with E-state index in [-0.39, 0.29) is 38.9 Å². The van der Waals surface area contributed by atoms with Crippen LogP contribution in [0.3, 0.4) is 0 Å². The summed E-state index contributed by atoms with van der Waals surface area (Å²) in [5.41, 5.74) is 0.417. The highest BCUT2D eigenvalue weighted by molar-refractivity contribution is 7.89. The SMILES string of the molecule is CN(Cc1nc(-c2ccc([N+](=O)[O-])cc2)no1)S(=O)(=O)c1cc(Cl)ccc1Cl. The number of nitro groups is 1. The Morgan fingerprint density at radius 3 is 2.50 bits per heavy atom. The van der Waals surface area contributed by atoms with Crippen molar-refractivity contribution in [2.45, 2.75) is 11.4 Å². The second-order valence-corrected chi connectivity index (χ2v) is 8.51. The lowest BCUT2D eigenvalue weighted by Gasteiger charge is -2.16. The molecular weight excluding hydrogens is 431 g/mol. The van der Waals surface area contributed by atoms with E-state index in [1.807, 2.05) is 0 Å². The third-order valence-corrected chi connectivity index (χ3v) is 6.26. The first kappa shape index (κ1) is 20.2. The molecule has 0 unspecified atom stereocenters. The highest BCUT2D eigenvalue weighted by Gasteiger charge is 2.26. The zero-order chi connectivity index (χ0) is 20.5. The van der Waals surface area contributed by atoms with Gasteiger partial charge in [0.15, 0.2) is 0 Å². The van der Waals surface area contributed by atoms with Crippen LogP contribution in [0.5, 0.6) is 0 Å². The molecule has 0 amide bonds. The molecule has 0 spiro atoms. The zero-order valence-corrected chi connectivity index (χ0v) is 16.6. The summed E-state index contributed by atoms with van der Waals surface area (Å²) in [6.07, 6.45) is 0. The van der Waals surface area contributed by atoms with Crippen LogP contribution in [0.1, 0.15) is 5.89 Å². The monoisotopic (exact) mass is 442 g/mol. The molecule has 0 bridgehead atoms. The lowest BCUT2D eigenvalue weighted by molar-refractivity contribution is -0.384. The fourth-order valence-electron chi connectivity index (χ4n) is 2.29. The predicted octanol–water partition coefficient (Wildman–Crippen LogP) is 3.77. The van der Waals surface area contributed by atoms with Gasteiger partial charge in [0, 0.05) is 29.8 Å². The molecule has 1 aromatic heterocycles. The Bertz CT molecular complexity index is 1130. The number of halogens is 2. The summed E-state index contributed by atoms with van der Waals surface area (Å²) in [4.78, 5) is 14.2. The van der Waals surface area contributed by atoms with Crippen molar-refractivity contribution in [2.75, 3.05) is 7.05 Å². The standard InChI is InChI=1S/C16H12Cl2N4O5S/c1-21(28(25,26)14-8-11(17)4-7-13(14)18)9-15-19-16(20-27-15)10-2-5-12(6-3-10)22(23)24/h2-8H,9H2,1H3. The summed E-state index contributed by atoms with van der Waals surface area (Å²) in [6, 6.07) is 9.69. The van der Waals surface area contributed by atoms with Crippen molar-refractivity contribution in [3.8, 4) is 11.4 Å². The van der Waals surface area contributed by atoms with Crippen LogP contribution in [0, 0.1) is 10.1 Å². The van der Waals surface area contributed by atoms with E-state index < -0.39 is 14.9 Å². The summed E-state index contributed by atoms with van der Waals surface area (Å²) in [7, 11) is -2.61. The van der Waals surface area contributed by atoms with Gasteiger partial charge in [-0.2, -0.15) is 9.29 Å². The first-order valence-corrected chi connectivity index (χ1v) is 9.87. The van der Waals surface area contributed by atoms with Crippen molar-refractivity contribution in [2.24, 2.45) is 0 Å². The zero-order valence-electron chi connectivity index (χ0n) is 14.2. The van der Waals surface area contributed by atoms with Crippen molar-refractivity contribution < 1.29 is 17.9 Å². The molecule has 0 radical (unpaired) electrons. The summed E-state index contributed by atoms with van der Waals surface area (Å²) >= 11 is 11.8. The predicted molar refractivity (Wildman–Crippen MR) is 102 cm³/mol. The molecule has 9 nitrogen and oxygen atoms in total. The van der Waals surface area contributed by atoms with Gasteiger partial charge in [-0.1, -0.05) is 28.4 Å². The Balaban J connectivity index is 1.80. The van der Waals surface area contributed by atoms with Crippen molar-refractivity contribution in [1.82, 2.24) is 14.4 Å². The van der Waals surface area contributed by atoms with E-state index in [0.717, 1.165) is 4.31 Å². The fraction of sp³-hybridized carbons (Fsp3) is 0.125. The molecule has 0 saturated carbocycles. The molecule has 3 aromatic rings. The Morgan fingerprint density at radius 2 is 1.86 bits per heavy atom. The Hall–Kier alpha value is -2.53. The Labute approximate surface area is 169 Å². The van der Waals surface area contributed by atoms with Crippen LogP contribution in [0.4, 0.5) is 5.69 Å². The number of aromatic nitrogens is 2. The van der Waals surface area contributed by atoms with Crippen molar-refractivity contribution in [3.63, 3.8) is 0 Å². The number of nitro benzene ring substituents is 1. The highest BCUT2D eigenvalue weighted by atomic mass is 35.5. The van der Waals surface area contributed by atoms with Crippen LogP contribution in [0.25, 0.3) is 11.4 Å². The van der Waals surface area contributed by atoms with Gasteiger partial charge >= 0.3 is 0 Å². The molecule has 0 fully saturated rings. The minimum atomic E-state index is -3.95. The summed E-state index contributed by atoms with van der Waals surface area (Å²) in [5, 5.41) is 14.7. The maximum Gasteiger partial charge on any atom is 0.269 e. The van der Waals surface area contributed by atoms with Gasteiger partial charge in [-0.15, -0.1) is 0 Å². The average molecular weight is 443 g/mol. The summed E-state index contributed by atoms with van der Waals surface area (Å²) in [6.45, 7) is -0.203. The maximum absolute atomic E-state index is 12.7. The lowest BCUT2D eigenvalue weighted by Crippen LogP contribution is -2.27. The number of hydrogen-bond acceptors (Lipinski definition) is 7. The highest BCUT2D eigenvalue weighted by Crippen LogP contribution is 2.28. The van der Waals surface area contributed by atoms with Gasteiger partial charge in [0.05, 0.1) is 16.5 Å². The molecule has 2 aromatic carbocycles. The Morgan fingerprint density at radius 1 is 1.18 bits per heavy atom. The molecule has 0 aliphatic heterocycles. The van der Waals surface area contributed by atoms with E-state index in [9.17, 15) is 18.5 Å². The van der Waals surface area contributed by atoms with Crippen LogP contribution < -0.4 is 0 Å². The van der Waals surface area contributed by atoms with Crippen LogP contribution in [0.15, 0.2) is 51.9 Å². The summed E-state index contributed by atoms with van der Waals surface area (Å²) in [5.74, 6) is 0.217. The van der Waals surface area contributed by atoms with E-state index >= 15 is 0 Å². The molecule has 3 rings (SSSR count). The fourth-order valence-corrected chi connectivity index (χ4v) is 4.14. The molecule has 146 valence electrons. The molecule has 0 atom stereocenters. The van der Waals surface area contributed by atoms with E-state index in [1.165, 1.54) is 49.5 Å². The first-order chi connectivity index (χ1) is 13.2. The number of sulfonamides is 1. The van der Waals surface area contributed by atoms with Crippen LogP contribution in [-0.4, -0.2) is 34.8 Å². The topological polar surface area (TPSA) is 119 Å². The van der Waals surface area contributed by atoms with Crippen LogP contribution in [-0.2, 0) is 16.6 Å². The number of nitrogens with zero attached hydrogens (tertiary/aromatic N) is 4. The second-order valence-electron chi connectivity index (χ2n) is 5.65. The Kier molecular flexibility index (Phi) is 5.66. The van der Waals surface area contributed by atoms with Gasteiger partial charge in [-0.05, 0) is 30.3 Å². The van der Waals surface area contributed by atoms with Crippen molar-refractivity contribution in [1.29, 1.82) is 0 Å². The largest absolute Gasteiger partial charge is 0.338 e. The van der Waals surface area contributed by atoms with Crippen molar-refractivity contribution >= 4 is 38.9 Å². The molecule has 0 N–H and O–H groups in total. The van der Waals surface area contributed by atoms with Crippen molar-refractivity contribution in [3.05, 3.63) is 68.5 Å². The van der Waals surface area contributed by atoms with E-state index in [2.05, 4.69) is 10.1 Å². The normalized spacial score (nSPS) is 11.7. The van der Waals surface area contributed by atoms with E-state index in [4.69, 9.17) is 27.7 Å². The molecule has 28 heavy (non-hydrogen) atoms.